The van der Waals surface area contributed by atoms with Crippen LogP contribution in [0.2, 0.25) is 0 Å². The highest BCUT2D eigenvalue weighted by atomic mass is 32.2. The second-order valence-electron chi connectivity index (χ2n) is 5.02. The van der Waals surface area contributed by atoms with Crippen LogP contribution in [0.5, 0.6) is 0 Å². The minimum absolute atomic E-state index is 0.111. The predicted octanol–water partition coefficient (Wildman–Crippen LogP) is 0.373. The van der Waals surface area contributed by atoms with E-state index in [4.69, 9.17) is 5.73 Å². The third kappa shape index (κ3) is 2.23. The zero-order valence-electron chi connectivity index (χ0n) is 10.0. The highest BCUT2D eigenvalue weighted by Gasteiger charge is 2.34. The van der Waals surface area contributed by atoms with Gasteiger partial charge >= 0.3 is 10.2 Å². The minimum atomic E-state index is -3.46. The van der Waals surface area contributed by atoms with E-state index in [0.29, 0.717) is 6.54 Å². The topological polar surface area (TPSA) is 75.4 Å². The van der Waals surface area contributed by atoms with Gasteiger partial charge in [0.05, 0.1) is 12.2 Å². The lowest BCUT2D eigenvalue weighted by Gasteiger charge is -2.33. The largest absolute Gasteiger partial charge is 0.326 e. The van der Waals surface area contributed by atoms with E-state index in [1.807, 2.05) is 24.3 Å². The van der Waals surface area contributed by atoms with Crippen LogP contribution in [0.4, 0.5) is 5.69 Å². The first-order chi connectivity index (χ1) is 8.56. The first-order valence-corrected chi connectivity index (χ1v) is 7.64. The molecule has 2 aliphatic rings. The number of nitrogens with zero attached hydrogens (tertiary/aromatic N) is 1. The summed E-state index contributed by atoms with van der Waals surface area (Å²) in [4.78, 5) is 0. The van der Waals surface area contributed by atoms with Gasteiger partial charge in [0.15, 0.2) is 0 Å². The van der Waals surface area contributed by atoms with E-state index in [2.05, 4.69) is 4.72 Å². The van der Waals surface area contributed by atoms with Crippen molar-refractivity contribution in [1.29, 1.82) is 0 Å². The summed E-state index contributed by atoms with van der Waals surface area (Å²) in [5.74, 6) is 0. The Kier molecular flexibility index (Phi) is 2.80. The fraction of sp³-hybridized carbons (Fsp3) is 0.500. The third-order valence-corrected chi connectivity index (χ3v) is 4.88. The molecular weight excluding hydrogens is 250 g/mol. The van der Waals surface area contributed by atoms with Gasteiger partial charge in [-0.05, 0) is 30.9 Å². The summed E-state index contributed by atoms with van der Waals surface area (Å²) in [5.41, 5.74) is 7.70. The Balaban J connectivity index is 1.96. The SMILES string of the molecule is NC1Cc2ccccc2N(S(=O)(=O)NC2CC2)C1. The third-order valence-electron chi connectivity index (χ3n) is 3.33. The molecule has 1 saturated carbocycles. The van der Waals surface area contributed by atoms with Crippen molar-refractivity contribution in [2.75, 3.05) is 10.8 Å². The zero-order valence-corrected chi connectivity index (χ0v) is 10.9. The normalized spacial score (nSPS) is 23.8. The molecule has 3 rings (SSSR count). The number of anilines is 1. The Morgan fingerprint density at radius 2 is 2.00 bits per heavy atom. The van der Waals surface area contributed by atoms with Crippen LogP contribution >= 0.6 is 0 Å². The molecule has 1 fully saturated rings. The van der Waals surface area contributed by atoms with Crippen LogP contribution < -0.4 is 14.8 Å². The zero-order chi connectivity index (χ0) is 12.8. The number of fused-ring (bicyclic) bond motifs is 1. The van der Waals surface area contributed by atoms with E-state index in [1.54, 1.807) is 0 Å². The molecule has 98 valence electrons. The van der Waals surface area contributed by atoms with Crippen molar-refractivity contribution in [1.82, 2.24) is 4.72 Å². The molecule has 1 aromatic carbocycles. The van der Waals surface area contributed by atoms with E-state index in [1.165, 1.54) is 4.31 Å². The van der Waals surface area contributed by atoms with Gasteiger partial charge in [-0.2, -0.15) is 13.1 Å². The summed E-state index contributed by atoms with van der Waals surface area (Å²) < 4.78 is 28.7. The first kappa shape index (κ1) is 12.0. The van der Waals surface area contributed by atoms with Crippen molar-refractivity contribution >= 4 is 15.9 Å². The molecule has 0 radical (unpaired) electrons. The van der Waals surface area contributed by atoms with Crippen molar-refractivity contribution in [3.8, 4) is 0 Å². The van der Waals surface area contributed by atoms with E-state index in [9.17, 15) is 8.42 Å². The summed E-state index contributed by atoms with van der Waals surface area (Å²) in [5, 5.41) is 0. The minimum Gasteiger partial charge on any atom is -0.326 e. The Hall–Kier alpha value is -1.11. The average molecular weight is 267 g/mol. The Morgan fingerprint density at radius 1 is 1.28 bits per heavy atom. The molecule has 1 atom stereocenters. The molecule has 0 amide bonds. The van der Waals surface area contributed by atoms with Crippen molar-refractivity contribution in [3.63, 3.8) is 0 Å². The van der Waals surface area contributed by atoms with Crippen LogP contribution in [-0.4, -0.2) is 27.0 Å². The monoisotopic (exact) mass is 267 g/mol. The number of nitrogens with two attached hydrogens (primary N) is 1. The molecular formula is C12H17N3O2S. The first-order valence-electron chi connectivity index (χ1n) is 6.20. The maximum atomic E-state index is 12.3. The number of hydrogen-bond acceptors (Lipinski definition) is 3. The van der Waals surface area contributed by atoms with Gasteiger partial charge in [-0.1, -0.05) is 18.2 Å². The standard InChI is InChI=1S/C12H17N3O2S/c13-10-7-9-3-1-2-4-12(9)15(8-10)18(16,17)14-11-5-6-11/h1-4,10-11,14H,5-8,13H2. The lowest BCUT2D eigenvalue weighted by atomic mass is 10.0. The molecule has 0 bridgehead atoms. The van der Waals surface area contributed by atoms with Crippen LogP contribution in [-0.2, 0) is 16.6 Å². The summed E-state index contributed by atoms with van der Waals surface area (Å²) in [6, 6.07) is 7.52. The maximum absolute atomic E-state index is 12.3. The number of para-hydroxylation sites is 1. The molecule has 3 N–H and O–H groups in total. The molecule has 18 heavy (non-hydrogen) atoms. The molecule has 1 aliphatic heterocycles. The van der Waals surface area contributed by atoms with Gasteiger partial charge < -0.3 is 5.73 Å². The number of hydrogen-bond donors (Lipinski definition) is 2. The maximum Gasteiger partial charge on any atom is 0.301 e. The Labute approximate surface area is 107 Å². The molecule has 1 unspecified atom stereocenters. The second kappa shape index (κ2) is 4.22. The van der Waals surface area contributed by atoms with Crippen molar-refractivity contribution in [2.45, 2.75) is 31.3 Å². The number of rotatable bonds is 3. The lowest BCUT2D eigenvalue weighted by Crippen LogP contribution is -2.50. The van der Waals surface area contributed by atoms with Gasteiger partial charge in [-0.3, -0.25) is 4.31 Å². The fourth-order valence-electron chi connectivity index (χ4n) is 2.29. The van der Waals surface area contributed by atoms with Crippen LogP contribution in [0.15, 0.2) is 24.3 Å². The molecule has 0 aromatic heterocycles. The fourth-order valence-corrected chi connectivity index (χ4v) is 3.90. The van der Waals surface area contributed by atoms with Gasteiger partial charge in [0.25, 0.3) is 0 Å². The molecule has 1 heterocycles. The Bertz CT molecular complexity index is 554. The van der Waals surface area contributed by atoms with Gasteiger partial charge in [0.1, 0.15) is 0 Å². The molecule has 5 nitrogen and oxygen atoms in total. The van der Waals surface area contributed by atoms with Crippen LogP contribution in [0.3, 0.4) is 0 Å². The highest BCUT2D eigenvalue weighted by Crippen LogP contribution is 2.29. The van der Waals surface area contributed by atoms with Gasteiger partial charge in [-0.25, -0.2) is 0 Å². The smallest absolute Gasteiger partial charge is 0.301 e. The lowest BCUT2D eigenvalue weighted by molar-refractivity contribution is 0.562. The second-order valence-corrected chi connectivity index (χ2v) is 6.65. The molecule has 1 aliphatic carbocycles. The molecule has 6 heteroatoms. The van der Waals surface area contributed by atoms with E-state index in [-0.39, 0.29) is 12.1 Å². The summed E-state index contributed by atoms with van der Waals surface area (Å²) >= 11 is 0. The van der Waals surface area contributed by atoms with E-state index in [0.717, 1.165) is 30.5 Å². The Morgan fingerprint density at radius 3 is 2.72 bits per heavy atom. The summed E-state index contributed by atoms with van der Waals surface area (Å²) in [6.45, 7) is 0.346. The van der Waals surface area contributed by atoms with Crippen molar-refractivity contribution < 1.29 is 8.42 Å². The van der Waals surface area contributed by atoms with E-state index >= 15 is 0 Å². The van der Waals surface area contributed by atoms with Gasteiger partial charge in [-0.15, -0.1) is 0 Å². The van der Waals surface area contributed by atoms with Crippen LogP contribution in [0.25, 0.3) is 0 Å². The van der Waals surface area contributed by atoms with Gasteiger partial charge in [0, 0.05) is 12.1 Å². The predicted molar refractivity (Wildman–Crippen MR) is 70.5 cm³/mol. The molecule has 0 spiro atoms. The summed E-state index contributed by atoms with van der Waals surface area (Å²) in [7, 11) is -3.46. The highest BCUT2D eigenvalue weighted by molar-refractivity contribution is 7.90. The van der Waals surface area contributed by atoms with Gasteiger partial charge in [0.2, 0.25) is 0 Å². The number of benzene rings is 1. The summed E-state index contributed by atoms with van der Waals surface area (Å²) in [6.07, 6.45) is 2.59. The van der Waals surface area contributed by atoms with E-state index < -0.39 is 10.2 Å². The van der Waals surface area contributed by atoms with Crippen LogP contribution in [0.1, 0.15) is 18.4 Å². The van der Waals surface area contributed by atoms with Crippen molar-refractivity contribution in [2.24, 2.45) is 5.73 Å². The average Bonchev–Trinajstić information content (AvgIpc) is 3.11. The van der Waals surface area contributed by atoms with Crippen LogP contribution in [0, 0.1) is 0 Å². The molecule has 0 saturated heterocycles. The molecule has 1 aromatic rings. The van der Waals surface area contributed by atoms with Crippen molar-refractivity contribution in [3.05, 3.63) is 29.8 Å². The number of nitrogens with one attached hydrogen (secondary N) is 1. The quantitative estimate of drug-likeness (QED) is 0.831.